The first-order valence-corrected chi connectivity index (χ1v) is 7.69. The Morgan fingerprint density at radius 3 is 2.57 bits per heavy atom. The molecule has 0 fully saturated rings. The van der Waals surface area contributed by atoms with Gasteiger partial charge < -0.3 is 10.6 Å². The number of halogens is 1. The minimum Gasteiger partial charge on any atom is -0.339 e. The summed E-state index contributed by atoms with van der Waals surface area (Å²) < 4.78 is 0. The highest BCUT2D eigenvalue weighted by atomic mass is 35.5. The molecule has 0 aliphatic heterocycles. The molecule has 1 heterocycles. The molecule has 0 aliphatic carbocycles. The number of aryl methyl sites for hydroxylation is 1. The minimum absolute atomic E-state index is 0.405. The molecule has 5 nitrogen and oxygen atoms in total. The summed E-state index contributed by atoms with van der Waals surface area (Å²) in [5.74, 6) is 1.02. The first-order valence-electron chi connectivity index (χ1n) is 7.31. The van der Waals surface area contributed by atoms with E-state index in [1.165, 1.54) is 5.56 Å². The monoisotopic (exact) mass is 325 g/mol. The first-order chi connectivity index (χ1) is 11.2. The molecular formula is C17H16ClN5. The Bertz CT molecular complexity index is 789. The molecule has 0 atom stereocenters. The largest absolute Gasteiger partial charge is 0.339 e. The second-order valence-electron chi connectivity index (χ2n) is 4.98. The summed E-state index contributed by atoms with van der Waals surface area (Å²) in [5, 5.41) is 14.9. The molecule has 1 aromatic heterocycles. The van der Waals surface area contributed by atoms with Crippen LogP contribution in [-0.4, -0.2) is 15.2 Å². The van der Waals surface area contributed by atoms with Crippen molar-refractivity contribution in [1.82, 2.24) is 15.2 Å². The second kappa shape index (κ2) is 7.07. The third-order valence-electron chi connectivity index (χ3n) is 3.27. The van der Waals surface area contributed by atoms with Crippen molar-refractivity contribution in [3.63, 3.8) is 0 Å². The van der Waals surface area contributed by atoms with Crippen LogP contribution >= 0.6 is 11.6 Å². The Morgan fingerprint density at radius 1 is 1.00 bits per heavy atom. The average molecular weight is 326 g/mol. The standard InChI is InChI=1S/C17H16ClN5/c1-2-12-6-8-14(9-7-12)20-16-11-19-23-17(22-16)21-15-5-3-4-13(18)10-15/h3-11H,2H2,1H3,(H2,20,21,22,23). The third-order valence-corrected chi connectivity index (χ3v) is 3.51. The smallest absolute Gasteiger partial charge is 0.249 e. The summed E-state index contributed by atoms with van der Waals surface area (Å²) >= 11 is 5.97. The predicted octanol–water partition coefficient (Wildman–Crippen LogP) is 4.57. The predicted molar refractivity (Wildman–Crippen MR) is 93.7 cm³/mol. The van der Waals surface area contributed by atoms with Crippen LogP contribution in [0.3, 0.4) is 0 Å². The quantitative estimate of drug-likeness (QED) is 0.719. The SMILES string of the molecule is CCc1ccc(Nc2cnnc(Nc3cccc(Cl)c3)n2)cc1. The van der Waals surface area contributed by atoms with Crippen LogP contribution in [0.5, 0.6) is 0 Å². The lowest BCUT2D eigenvalue weighted by Crippen LogP contribution is -2.02. The number of aromatic nitrogens is 3. The number of hydrogen-bond donors (Lipinski definition) is 2. The molecule has 0 saturated heterocycles. The molecule has 0 saturated carbocycles. The fraction of sp³-hybridized carbons (Fsp3) is 0.118. The van der Waals surface area contributed by atoms with Gasteiger partial charge in [0.2, 0.25) is 5.95 Å². The van der Waals surface area contributed by atoms with E-state index >= 15 is 0 Å². The lowest BCUT2D eigenvalue weighted by Gasteiger charge is -2.08. The van der Waals surface area contributed by atoms with E-state index in [2.05, 4.69) is 44.9 Å². The van der Waals surface area contributed by atoms with E-state index in [1.807, 2.05) is 30.3 Å². The van der Waals surface area contributed by atoms with Crippen LogP contribution in [0, 0.1) is 0 Å². The number of hydrogen-bond acceptors (Lipinski definition) is 5. The molecule has 0 bridgehead atoms. The molecular weight excluding hydrogens is 310 g/mol. The fourth-order valence-electron chi connectivity index (χ4n) is 2.08. The van der Waals surface area contributed by atoms with E-state index in [9.17, 15) is 0 Å². The van der Waals surface area contributed by atoms with Crippen molar-refractivity contribution in [2.24, 2.45) is 0 Å². The minimum atomic E-state index is 0.405. The van der Waals surface area contributed by atoms with Crippen LogP contribution in [0.1, 0.15) is 12.5 Å². The molecule has 0 radical (unpaired) electrons. The number of anilines is 4. The summed E-state index contributed by atoms with van der Waals surface area (Å²) in [4.78, 5) is 4.40. The van der Waals surface area contributed by atoms with Gasteiger partial charge in [0, 0.05) is 16.4 Å². The van der Waals surface area contributed by atoms with Crippen LogP contribution in [0.25, 0.3) is 0 Å². The summed E-state index contributed by atoms with van der Waals surface area (Å²) in [7, 11) is 0. The van der Waals surface area contributed by atoms with Crippen LogP contribution in [0.2, 0.25) is 5.02 Å². The molecule has 0 spiro atoms. The maximum atomic E-state index is 5.97. The molecule has 23 heavy (non-hydrogen) atoms. The Hall–Kier alpha value is -2.66. The van der Waals surface area contributed by atoms with E-state index < -0.39 is 0 Å². The van der Waals surface area contributed by atoms with E-state index in [0.29, 0.717) is 16.8 Å². The van der Waals surface area contributed by atoms with Crippen LogP contribution < -0.4 is 10.6 Å². The Balaban J connectivity index is 1.74. The summed E-state index contributed by atoms with van der Waals surface area (Å²) in [6.07, 6.45) is 2.60. The topological polar surface area (TPSA) is 62.7 Å². The van der Waals surface area contributed by atoms with Crippen molar-refractivity contribution in [3.05, 3.63) is 65.3 Å². The number of nitrogens with one attached hydrogen (secondary N) is 2. The lowest BCUT2D eigenvalue weighted by molar-refractivity contribution is 0.982. The van der Waals surface area contributed by atoms with E-state index in [0.717, 1.165) is 17.8 Å². The zero-order chi connectivity index (χ0) is 16.1. The molecule has 116 valence electrons. The van der Waals surface area contributed by atoms with Crippen molar-refractivity contribution < 1.29 is 0 Å². The van der Waals surface area contributed by atoms with Crippen LogP contribution in [0.4, 0.5) is 23.1 Å². The summed E-state index contributed by atoms with van der Waals surface area (Å²) in [6.45, 7) is 2.13. The van der Waals surface area contributed by atoms with Crippen molar-refractivity contribution in [3.8, 4) is 0 Å². The van der Waals surface area contributed by atoms with E-state index in [4.69, 9.17) is 11.6 Å². The van der Waals surface area contributed by atoms with Crippen LogP contribution in [-0.2, 0) is 6.42 Å². The highest BCUT2D eigenvalue weighted by Gasteiger charge is 2.03. The van der Waals surface area contributed by atoms with Crippen molar-refractivity contribution in [2.45, 2.75) is 13.3 Å². The molecule has 2 aromatic carbocycles. The van der Waals surface area contributed by atoms with Gasteiger partial charge in [0.05, 0.1) is 6.20 Å². The normalized spacial score (nSPS) is 10.3. The first kappa shape index (κ1) is 15.2. The number of nitrogens with zero attached hydrogens (tertiary/aromatic N) is 3. The van der Waals surface area contributed by atoms with Gasteiger partial charge in [0.1, 0.15) is 0 Å². The van der Waals surface area contributed by atoms with Gasteiger partial charge in [0.25, 0.3) is 0 Å². The van der Waals surface area contributed by atoms with Crippen molar-refractivity contribution >= 4 is 34.7 Å². The average Bonchev–Trinajstić information content (AvgIpc) is 2.56. The molecule has 3 aromatic rings. The zero-order valence-corrected chi connectivity index (χ0v) is 13.4. The molecule has 0 amide bonds. The Kier molecular flexibility index (Phi) is 4.68. The fourth-order valence-corrected chi connectivity index (χ4v) is 2.27. The molecule has 0 unspecified atom stereocenters. The van der Waals surface area contributed by atoms with Crippen molar-refractivity contribution in [2.75, 3.05) is 10.6 Å². The van der Waals surface area contributed by atoms with Crippen LogP contribution in [0.15, 0.2) is 54.7 Å². The van der Waals surface area contributed by atoms with Gasteiger partial charge >= 0.3 is 0 Å². The summed E-state index contributed by atoms with van der Waals surface area (Å²) in [5.41, 5.74) is 3.06. The highest BCUT2D eigenvalue weighted by Crippen LogP contribution is 2.19. The van der Waals surface area contributed by atoms with Gasteiger partial charge in [-0.15, -0.1) is 5.10 Å². The van der Waals surface area contributed by atoms with Gasteiger partial charge in [-0.2, -0.15) is 10.1 Å². The molecule has 2 N–H and O–H groups in total. The maximum absolute atomic E-state index is 5.97. The Labute approximate surface area is 139 Å². The van der Waals surface area contributed by atoms with Gasteiger partial charge in [-0.05, 0) is 42.3 Å². The number of benzene rings is 2. The zero-order valence-electron chi connectivity index (χ0n) is 12.6. The van der Waals surface area contributed by atoms with Gasteiger partial charge in [-0.1, -0.05) is 36.7 Å². The van der Waals surface area contributed by atoms with Gasteiger partial charge in [0.15, 0.2) is 5.82 Å². The molecule has 0 aliphatic rings. The third kappa shape index (κ3) is 4.17. The molecule has 6 heteroatoms. The summed E-state index contributed by atoms with van der Waals surface area (Å²) in [6, 6.07) is 15.6. The second-order valence-corrected chi connectivity index (χ2v) is 5.41. The van der Waals surface area contributed by atoms with Gasteiger partial charge in [-0.3, -0.25) is 0 Å². The Morgan fingerprint density at radius 2 is 1.83 bits per heavy atom. The molecule has 3 rings (SSSR count). The lowest BCUT2D eigenvalue weighted by atomic mass is 10.1. The van der Waals surface area contributed by atoms with E-state index in [1.54, 1.807) is 12.3 Å². The van der Waals surface area contributed by atoms with Gasteiger partial charge in [-0.25, -0.2) is 0 Å². The number of rotatable bonds is 5. The van der Waals surface area contributed by atoms with Crippen molar-refractivity contribution in [1.29, 1.82) is 0 Å². The highest BCUT2D eigenvalue weighted by molar-refractivity contribution is 6.30. The maximum Gasteiger partial charge on any atom is 0.249 e. The van der Waals surface area contributed by atoms with E-state index in [-0.39, 0.29) is 0 Å².